The summed E-state index contributed by atoms with van der Waals surface area (Å²) in [6.45, 7) is 0.551. The van der Waals surface area contributed by atoms with E-state index in [9.17, 15) is 14.7 Å². The zero-order valence-corrected chi connectivity index (χ0v) is 12.8. The second-order valence-electron chi connectivity index (χ2n) is 5.08. The smallest absolute Gasteiger partial charge is 0.328 e. The summed E-state index contributed by atoms with van der Waals surface area (Å²) in [7, 11) is 0. The fraction of sp³-hybridized carbons (Fsp3) is 0.267. The van der Waals surface area contributed by atoms with Crippen molar-refractivity contribution in [3.63, 3.8) is 0 Å². The van der Waals surface area contributed by atoms with E-state index in [1.54, 1.807) is 35.1 Å². The van der Waals surface area contributed by atoms with Gasteiger partial charge in [-0.25, -0.2) is 9.48 Å². The molecule has 3 rings (SSSR count). The lowest BCUT2D eigenvalue weighted by molar-refractivity contribution is -0.147. The van der Waals surface area contributed by atoms with Crippen molar-refractivity contribution in [3.8, 4) is 5.69 Å². The van der Waals surface area contributed by atoms with Gasteiger partial charge in [0.1, 0.15) is 0 Å². The van der Waals surface area contributed by atoms with Crippen LogP contribution in [0, 0.1) is 0 Å². The van der Waals surface area contributed by atoms with Crippen molar-refractivity contribution in [3.05, 3.63) is 47.2 Å². The van der Waals surface area contributed by atoms with Gasteiger partial charge in [-0.1, -0.05) is 11.6 Å². The van der Waals surface area contributed by atoms with Crippen molar-refractivity contribution in [2.75, 3.05) is 19.8 Å². The Kier molecular flexibility index (Phi) is 4.31. The van der Waals surface area contributed by atoms with Gasteiger partial charge in [-0.15, -0.1) is 0 Å². The maximum absolute atomic E-state index is 12.5. The minimum atomic E-state index is -1.08. The third-order valence-corrected chi connectivity index (χ3v) is 3.85. The predicted octanol–water partition coefficient (Wildman–Crippen LogP) is 1.45. The van der Waals surface area contributed by atoms with Crippen LogP contribution < -0.4 is 0 Å². The van der Waals surface area contributed by atoms with Crippen molar-refractivity contribution < 1.29 is 19.4 Å². The van der Waals surface area contributed by atoms with Crippen molar-refractivity contribution >= 4 is 23.5 Å². The number of nitrogens with zero attached hydrogens (tertiary/aromatic N) is 3. The van der Waals surface area contributed by atoms with Crippen LogP contribution in [-0.2, 0) is 9.53 Å². The van der Waals surface area contributed by atoms with E-state index in [4.69, 9.17) is 16.3 Å². The Morgan fingerprint density at radius 3 is 2.74 bits per heavy atom. The first-order chi connectivity index (χ1) is 11.1. The molecule has 7 nitrogen and oxygen atoms in total. The number of aliphatic carboxylic acids is 1. The van der Waals surface area contributed by atoms with E-state index in [0.717, 1.165) is 5.69 Å². The Hall–Kier alpha value is -2.38. The average molecular weight is 336 g/mol. The molecule has 0 unspecified atom stereocenters. The standard InChI is InChI=1S/C15H14ClN3O4/c16-11-1-3-12(4-2-11)19-8-10(7-17-19)14(20)18-5-6-23-9-13(18)15(21)22/h1-4,7-8,13H,5-6,9H2,(H,21,22)/t13-/m0/s1. The average Bonchev–Trinajstić information content (AvgIpc) is 3.04. The lowest BCUT2D eigenvalue weighted by Crippen LogP contribution is -2.52. The Morgan fingerprint density at radius 1 is 1.30 bits per heavy atom. The summed E-state index contributed by atoms with van der Waals surface area (Å²) < 4.78 is 6.68. The molecular weight excluding hydrogens is 322 g/mol. The maximum atomic E-state index is 12.5. The second-order valence-corrected chi connectivity index (χ2v) is 5.51. The zero-order valence-electron chi connectivity index (χ0n) is 12.1. The number of rotatable bonds is 3. The van der Waals surface area contributed by atoms with Gasteiger partial charge in [0.15, 0.2) is 6.04 Å². The van der Waals surface area contributed by atoms with Gasteiger partial charge in [0.25, 0.3) is 5.91 Å². The molecule has 1 aliphatic rings. The third-order valence-electron chi connectivity index (χ3n) is 3.60. The minimum Gasteiger partial charge on any atom is -0.480 e. The monoisotopic (exact) mass is 335 g/mol. The molecule has 1 saturated heterocycles. The number of benzene rings is 1. The molecule has 0 spiro atoms. The Bertz CT molecular complexity index is 729. The summed E-state index contributed by atoms with van der Waals surface area (Å²) in [5.74, 6) is -1.45. The summed E-state index contributed by atoms with van der Waals surface area (Å²) in [6, 6.07) is 6.03. The van der Waals surface area contributed by atoms with Crippen LogP contribution in [0.3, 0.4) is 0 Å². The number of carbonyl (C=O) groups is 2. The minimum absolute atomic E-state index is 0.00754. The summed E-state index contributed by atoms with van der Waals surface area (Å²) in [4.78, 5) is 25.1. The van der Waals surface area contributed by atoms with E-state index in [0.29, 0.717) is 17.2 Å². The lowest BCUT2D eigenvalue weighted by Gasteiger charge is -2.32. The van der Waals surface area contributed by atoms with Crippen LogP contribution in [0.1, 0.15) is 10.4 Å². The molecule has 1 N–H and O–H groups in total. The largest absolute Gasteiger partial charge is 0.480 e. The Labute approximate surface area is 137 Å². The molecule has 0 saturated carbocycles. The molecule has 1 aromatic heterocycles. The molecule has 0 bridgehead atoms. The van der Waals surface area contributed by atoms with E-state index < -0.39 is 12.0 Å². The first-order valence-corrected chi connectivity index (χ1v) is 7.36. The zero-order chi connectivity index (χ0) is 16.4. The normalized spacial score (nSPS) is 18.0. The van der Waals surface area contributed by atoms with E-state index in [1.807, 2.05) is 0 Å². The number of halogens is 1. The van der Waals surface area contributed by atoms with Gasteiger partial charge in [0, 0.05) is 17.8 Å². The highest BCUT2D eigenvalue weighted by Gasteiger charge is 2.33. The Balaban J connectivity index is 1.83. The van der Waals surface area contributed by atoms with Crippen molar-refractivity contribution in [1.29, 1.82) is 0 Å². The quantitative estimate of drug-likeness (QED) is 0.917. The van der Waals surface area contributed by atoms with Crippen LogP contribution in [0.4, 0.5) is 0 Å². The summed E-state index contributed by atoms with van der Waals surface area (Å²) in [5.41, 5.74) is 1.08. The fourth-order valence-corrected chi connectivity index (χ4v) is 2.51. The van der Waals surface area contributed by atoms with Gasteiger partial charge in [-0.05, 0) is 24.3 Å². The Morgan fingerprint density at radius 2 is 2.04 bits per heavy atom. The maximum Gasteiger partial charge on any atom is 0.328 e. The highest BCUT2D eigenvalue weighted by atomic mass is 35.5. The second kappa shape index (κ2) is 6.39. The molecule has 23 heavy (non-hydrogen) atoms. The van der Waals surface area contributed by atoms with Crippen LogP contribution >= 0.6 is 11.6 Å². The van der Waals surface area contributed by atoms with Gasteiger partial charge in [0.2, 0.25) is 0 Å². The number of ether oxygens (including phenoxy) is 1. The number of carboxylic acids is 1. The van der Waals surface area contributed by atoms with Gasteiger partial charge >= 0.3 is 5.97 Å². The van der Waals surface area contributed by atoms with E-state index >= 15 is 0 Å². The highest BCUT2D eigenvalue weighted by molar-refractivity contribution is 6.30. The summed E-state index contributed by atoms with van der Waals surface area (Å²) >= 11 is 5.84. The van der Waals surface area contributed by atoms with E-state index in [-0.39, 0.29) is 19.1 Å². The van der Waals surface area contributed by atoms with Crippen molar-refractivity contribution in [1.82, 2.24) is 14.7 Å². The SMILES string of the molecule is O=C(O)[C@@H]1COCCN1C(=O)c1cnn(-c2ccc(Cl)cc2)c1. The van der Waals surface area contributed by atoms with E-state index in [1.165, 1.54) is 11.1 Å². The van der Waals surface area contributed by atoms with Crippen LogP contribution in [0.15, 0.2) is 36.7 Å². The van der Waals surface area contributed by atoms with Crippen molar-refractivity contribution in [2.45, 2.75) is 6.04 Å². The van der Waals surface area contributed by atoms with Crippen LogP contribution in [0.2, 0.25) is 5.02 Å². The summed E-state index contributed by atoms with van der Waals surface area (Å²) in [6.07, 6.45) is 2.99. The molecule has 1 atom stereocenters. The van der Waals surface area contributed by atoms with Gasteiger partial charge in [-0.3, -0.25) is 4.79 Å². The third kappa shape index (κ3) is 3.20. The van der Waals surface area contributed by atoms with E-state index in [2.05, 4.69) is 5.10 Å². The highest BCUT2D eigenvalue weighted by Crippen LogP contribution is 2.16. The number of amides is 1. The predicted molar refractivity (Wildman–Crippen MR) is 81.9 cm³/mol. The number of hydrogen-bond acceptors (Lipinski definition) is 4. The first kappa shape index (κ1) is 15.5. The lowest BCUT2D eigenvalue weighted by atomic mass is 10.2. The molecule has 2 aromatic rings. The van der Waals surface area contributed by atoms with Crippen LogP contribution in [-0.4, -0.2) is 57.5 Å². The molecule has 1 aromatic carbocycles. The number of morpholine rings is 1. The van der Waals surface area contributed by atoms with Gasteiger partial charge in [0.05, 0.1) is 30.7 Å². The number of hydrogen-bond donors (Lipinski definition) is 1. The fourth-order valence-electron chi connectivity index (χ4n) is 2.39. The van der Waals surface area contributed by atoms with Crippen LogP contribution in [0.25, 0.3) is 5.69 Å². The molecule has 0 radical (unpaired) electrons. The van der Waals surface area contributed by atoms with Gasteiger partial charge < -0.3 is 14.7 Å². The number of carboxylic acid groups (broad SMARTS) is 1. The molecule has 2 heterocycles. The number of aromatic nitrogens is 2. The van der Waals surface area contributed by atoms with Crippen LogP contribution in [0.5, 0.6) is 0 Å². The molecule has 1 fully saturated rings. The molecular formula is C15H14ClN3O4. The molecule has 120 valence electrons. The van der Waals surface area contributed by atoms with Crippen molar-refractivity contribution in [2.24, 2.45) is 0 Å². The number of carbonyl (C=O) groups excluding carboxylic acids is 1. The summed E-state index contributed by atoms with van der Waals surface area (Å²) in [5, 5.41) is 14.0. The molecule has 1 amide bonds. The first-order valence-electron chi connectivity index (χ1n) is 6.98. The molecule has 1 aliphatic heterocycles. The topological polar surface area (TPSA) is 84.7 Å². The molecule has 0 aliphatic carbocycles. The van der Waals surface area contributed by atoms with Gasteiger partial charge in [-0.2, -0.15) is 5.10 Å². The molecule has 8 heteroatoms.